The van der Waals surface area contributed by atoms with Crippen LogP contribution in [0.1, 0.15) is 32.4 Å². The molecule has 1 aliphatic rings. The first-order chi connectivity index (χ1) is 11.9. The van der Waals surface area contributed by atoms with Crippen LogP contribution in [-0.4, -0.2) is 67.6 Å². The van der Waals surface area contributed by atoms with Gasteiger partial charge >= 0.3 is 0 Å². The van der Waals surface area contributed by atoms with Crippen molar-refractivity contribution >= 4 is 5.91 Å². The number of hydrogen-bond donors (Lipinski definition) is 0. The zero-order chi connectivity index (χ0) is 17.9. The minimum atomic E-state index is -0.404. The first-order valence-corrected chi connectivity index (χ1v) is 8.75. The summed E-state index contributed by atoms with van der Waals surface area (Å²) in [5.74, 6) is 0.0877. The molecule has 1 fully saturated rings. The van der Waals surface area contributed by atoms with E-state index in [0.29, 0.717) is 6.42 Å². The van der Waals surface area contributed by atoms with Gasteiger partial charge in [0, 0.05) is 38.1 Å². The van der Waals surface area contributed by atoms with Crippen molar-refractivity contribution in [3.05, 3.63) is 42.2 Å². The molecule has 1 unspecified atom stereocenters. The van der Waals surface area contributed by atoms with E-state index < -0.39 is 6.04 Å². The fraction of sp³-hybridized carbons (Fsp3) is 0.556. The highest BCUT2D eigenvalue weighted by Crippen LogP contribution is 2.20. The Balaban J connectivity index is 1.72. The second-order valence-electron chi connectivity index (χ2n) is 7.48. The second-order valence-corrected chi connectivity index (χ2v) is 7.48. The number of rotatable bonds is 4. The van der Waals surface area contributed by atoms with Crippen LogP contribution >= 0.6 is 0 Å². The normalized spacial score (nSPS) is 17.5. The first kappa shape index (κ1) is 17.5. The number of tetrazole rings is 1. The largest absolute Gasteiger partial charge is 0.338 e. The van der Waals surface area contributed by atoms with Crippen molar-refractivity contribution in [1.82, 2.24) is 30.0 Å². The van der Waals surface area contributed by atoms with Gasteiger partial charge in [-0.05, 0) is 36.8 Å². The number of nitrogens with zero attached hydrogens (tertiary/aromatic N) is 6. The Morgan fingerprint density at radius 3 is 2.36 bits per heavy atom. The summed E-state index contributed by atoms with van der Waals surface area (Å²) in [5, 5.41) is 11.4. The van der Waals surface area contributed by atoms with Crippen molar-refractivity contribution in [3.8, 4) is 0 Å². The molecule has 0 radical (unpaired) electrons. The van der Waals surface area contributed by atoms with Crippen molar-refractivity contribution in [3.63, 3.8) is 0 Å². The second kappa shape index (κ2) is 7.31. The van der Waals surface area contributed by atoms with Gasteiger partial charge in [-0.15, -0.1) is 5.10 Å². The average Bonchev–Trinajstić information content (AvgIpc) is 3.14. The molecule has 2 heterocycles. The smallest absolute Gasteiger partial charge is 0.248 e. The highest BCUT2D eigenvalue weighted by atomic mass is 16.2. The third kappa shape index (κ3) is 4.22. The molecule has 7 heteroatoms. The van der Waals surface area contributed by atoms with Gasteiger partial charge in [0.2, 0.25) is 5.91 Å². The maximum atomic E-state index is 13.1. The van der Waals surface area contributed by atoms with E-state index >= 15 is 0 Å². The van der Waals surface area contributed by atoms with Gasteiger partial charge in [0.1, 0.15) is 12.4 Å². The zero-order valence-electron chi connectivity index (χ0n) is 15.2. The van der Waals surface area contributed by atoms with Gasteiger partial charge in [-0.2, -0.15) is 0 Å². The summed E-state index contributed by atoms with van der Waals surface area (Å²) in [5.41, 5.74) is 1.23. The van der Waals surface area contributed by atoms with E-state index in [0.717, 1.165) is 31.7 Å². The molecule has 0 N–H and O–H groups in total. The first-order valence-electron chi connectivity index (χ1n) is 8.75. The van der Waals surface area contributed by atoms with E-state index in [1.807, 2.05) is 35.2 Å². The lowest BCUT2D eigenvalue weighted by Crippen LogP contribution is -2.55. The van der Waals surface area contributed by atoms with Crippen molar-refractivity contribution in [2.45, 2.75) is 38.8 Å². The summed E-state index contributed by atoms with van der Waals surface area (Å²) in [4.78, 5) is 17.5. The summed E-state index contributed by atoms with van der Waals surface area (Å²) in [6.45, 7) is 9.90. The summed E-state index contributed by atoms with van der Waals surface area (Å²) < 4.78 is 1.57. The quantitative estimate of drug-likeness (QED) is 0.840. The molecule has 1 aromatic carbocycles. The molecule has 1 saturated heterocycles. The Labute approximate surface area is 148 Å². The number of benzene rings is 1. The third-order valence-electron chi connectivity index (χ3n) is 4.78. The monoisotopic (exact) mass is 342 g/mol. The van der Waals surface area contributed by atoms with Crippen LogP contribution in [0.2, 0.25) is 0 Å². The number of aromatic nitrogens is 4. The lowest BCUT2D eigenvalue weighted by atomic mass is 10.0. The topological polar surface area (TPSA) is 67.2 Å². The molecule has 7 nitrogen and oxygen atoms in total. The molecule has 3 rings (SSSR count). The van der Waals surface area contributed by atoms with Crippen LogP contribution in [0.15, 0.2) is 36.7 Å². The lowest BCUT2D eigenvalue weighted by Gasteiger charge is -2.42. The summed E-state index contributed by atoms with van der Waals surface area (Å²) in [7, 11) is 0. The third-order valence-corrected chi connectivity index (χ3v) is 4.78. The fourth-order valence-corrected chi connectivity index (χ4v) is 3.25. The van der Waals surface area contributed by atoms with E-state index in [9.17, 15) is 4.79 Å². The summed E-state index contributed by atoms with van der Waals surface area (Å²) in [6, 6.07) is 9.60. The van der Waals surface area contributed by atoms with Gasteiger partial charge in [-0.25, -0.2) is 4.68 Å². The van der Waals surface area contributed by atoms with Gasteiger partial charge in [0.25, 0.3) is 0 Å². The predicted octanol–water partition coefficient (Wildman–Crippen LogP) is 1.40. The highest BCUT2D eigenvalue weighted by Gasteiger charge is 2.32. The molecule has 0 spiro atoms. The van der Waals surface area contributed by atoms with Crippen LogP contribution in [0.3, 0.4) is 0 Å². The highest BCUT2D eigenvalue weighted by molar-refractivity contribution is 5.80. The maximum Gasteiger partial charge on any atom is 0.248 e. The summed E-state index contributed by atoms with van der Waals surface area (Å²) in [6.07, 6.45) is 2.11. The van der Waals surface area contributed by atoms with E-state index in [2.05, 4.69) is 41.2 Å². The maximum absolute atomic E-state index is 13.1. The zero-order valence-corrected chi connectivity index (χ0v) is 15.2. The number of piperazine rings is 1. The molecule has 134 valence electrons. The van der Waals surface area contributed by atoms with Crippen molar-refractivity contribution in [2.75, 3.05) is 26.2 Å². The van der Waals surface area contributed by atoms with Crippen LogP contribution in [0.4, 0.5) is 0 Å². The molecule has 2 aromatic rings. The fourth-order valence-electron chi connectivity index (χ4n) is 3.25. The van der Waals surface area contributed by atoms with E-state index in [1.165, 1.54) is 6.33 Å². The Bertz CT molecular complexity index is 671. The minimum Gasteiger partial charge on any atom is -0.338 e. The Morgan fingerprint density at radius 2 is 1.80 bits per heavy atom. The number of amides is 1. The molecular weight excluding hydrogens is 316 g/mol. The average molecular weight is 342 g/mol. The van der Waals surface area contributed by atoms with Crippen LogP contribution in [-0.2, 0) is 11.2 Å². The van der Waals surface area contributed by atoms with E-state index in [1.54, 1.807) is 4.68 Å². The van der Waals surface area contributed by atoms with Crippen molar-refractivity contribution < 1.29 is 4.79 Å². The van der Waals surface area contributed by atoms with Crippen LogP contribution < -0.4 is 0 Å². The predicted molar refractivity (Wildman–Crippen MR) is 94.9 cm³/mol. The van der Waals surface area contributed by atoms with Gasteiger partial charge in [-0.1, -0.05) is 30.3 Å². The number of carbonyl (C=O) groups excluding carboxylic acids is 1. The Kier molecular flexibility index (Phi) is 5.13. The summed E-state index contributed by atoms with van der Waals surface area (Å²) >= 11 is 0. The van der Waals surface area contributed by atoms with Gasteiger partial charge in [0.15, 0.2) is 0 Å². The molecule has 25 heavy (non-hydrogen) atoms. The Hall–Kier alpha value is -2.28. The molecule has 1 aliphatic heterocycles. The van der Waals surface area contributed by atoms with Crippen LogP contribution in [0.25, 0.3) is 0 Å². The molecule has 0 saturated carbocycles. The van der Waals surface area contributed by atoms with E-state index in [4.69, 9.17) is 0 Å². The van der Waals surface area contributed by atoms with Gasteiger partial charge in [-0.3, -0.25) is 9.69 Å². The van der Waals surface area contributed by atoms with Gasteiger partial charge in [0.05, 0.1) is 0 Å². The molecule has 1 aromatic heterocycles. The minimum absolute atomic E-state index is 0.0877. The lowest BCUT2D eigenvalue weighted by molar-refractivity contribution is -0.137. The molecular formula is C18H26N6O. The standard InChI is InChI=1S/C18H26N6O/c1-18(2,3)23-11-9-22(10-12-23)17(25)16(24-14-19-20-21-24)13-15-7-5-4-6-8-15/h4-8,14,16H,9-13H2,1-3H3. The van der Waals surface area contributed by atoms with Crippen molar-refractivity contribution in [1.29, 1.82) is 0 Å². The van der Waals surface area contributed by atoms with E-state index in [-0.39, 0.29) is 11.4 Å². The molecule has 0 bridgehead atoms. The SMILES string of the molecule is CC(C)(C)N1CCN(C(=O)C(Cc2ccccc2)n2cnnn2)CC1. The van der Waals surface area contributed by atoms with Crippen molar-refractivity contribution in [2.24, 2.45) is 0 Å². The van der Waals surface area contributed by atoms with Crippen LogP contribution in [0.5, 0.6) is 0 Å². The Morgan fingerprint density at radius 1 is 1.12 bits per heavy atom. The van der Waals surface area contributed by atoms with Crippen LogP contribution in [0, 0.1) is 0 Å². The number of hydrogen-bond acceptors (Lipinski definition) is 5. The number of carbonyl (C=O) groups is 1. The molecule has 0 aliphatic carbocycles. The molecule has 1 amide bonds. The molecule has 1 atom stereocenters. The van der Waals surface area contributed by atoms with Gasteiger partial charge < -0.3 is 4.90 Å².